The van der Waals surface area contributed by atoms with E-state index in [4.69, 9.17) is 17.3 Å². The van der Waals surface area contributed by atoms with Gasteiger partial charge in [0.2, 0.25) is 11.8 Å². The maximum atomic E-state index is 13.8. The summed E-state index contributed by atoms with van der Waals surface area (Å²) in [6.45, 7) is 5.42. The van der Waals surface area contributed by atoms with Gasteiger partial charge < -0.3 is 20.5 Å². The van der Waals surface area contributed by atoms with Crippen molar-refractivity contribution in [1.82, 2.24) is 29.4 Å². The number of hydrogen-bond acceptors (Lipinski definition) is 7. The van der Waals surface area contributed by atoms with Crippen molar-refractivity contribution in [1.29, 1.82) is 0 Å². The maximum absolute atomic E-state index is 13.8. The van der Waals surface area contributed by atoms with E-state index in [2.05, 4.69) is 25.3 Å². The highest BCUT2D eigenvalue weighted by molar-refractivity contribution is 6.29. The molecule has 1 aliphatic rings. The van der Waals surface area contributed by atoms with Crippen molar-refractivity contribution in [3.05, 3.63) is 47.1 Å². The Morgan fingerprint density at radius 1 is 1.23 bits per heavy atom. The number of nitrogen functional groups attached to an aromatic ring is 1. The van der Waals surface area contributed by atoms with Gasteiger partial charge in [0, 0.05) is 11.9 Å². The minimum Gasteiger partial charge on any atom is -0.383 e. The molecule has 0 radical (unpaired) electrons. The maximum Gasteiger partial charge on any atom is 0.416 e. The van der Waals surface area contributed by atoms with Gasteiger partial charge in [-0.2, -0.15) is 13.2 Å². The van der Waals surface area contributed by atoms with Crippen LogP contribution < -0.4 is 11.1 Å². The van der Waals surface area contributed by atoms with Crippen molar-refractivity contribution in [2.75, 3.05) is 17.6 Å². The number of aryl methyl sites for hydroxylation is 1. The van der Waals surface area contributed by atoms with Crippen molar-refractivity contribution >= 4 is 57.0 Å². The van der Waals surface area contributed by atoms with Crippen LogP contribution in [0.1, 0.15) is 31.4 Å². The summed E-state index contributed by atoms with van der Waals surface area (Å²) in [7, 11) is 0. The topological polar surface area (TPSA) is 132 Å². The third-order valence-corrected chi connectivity index (χ3v) is 6.95. The van der Waals surface area contributed by atoms with E-state index < -0.39 is 29.6 Å². The molecule has 1 saturated heterocycles. The quantitative estimate of drug-likeness (QED) is 0.382. The molecule has 3 aromatic heterocycles. The minimum absolute atomic E-state index is 0.00267. The molecule has 0 spiro atoms. The van der Waals surface area contributed by atoms with E-state index in [1.54, 1.807) is 0 Å². The molecular formula is C25H24ClF3N8O2. The molecule has 1 aliphatic heterocycles. The number of benzene rings is 1. The Balaban J connectivity index is 1.54. The third kappa shape index (κ3) is 4.93. The van der Waals surface area contributed by atoms with Crippen LogP contribution in [-0.4, -0.2) is 53.8 Å². The molecule has 0 unspecified atom stereocenters. The molecule has 1 aromatic carbocycles. The smallest absolute Gasteiger partial charge is 0.383 e. The molecule has 2 amide bonds. The lowest BCUT2D eigenvalue weighted by molar-refractivity contribution is -0.137. The number of aromatic nitrogens is 5. The largest absolute Gasteiger partial charge is 0.416 e. The van der Waals surface area contributed by atoms with Crippen molar-refractivity contribution in [3.8, 4) is 0 Å². The summed E-state index contributed by atoms with van der Waals surface area (Å²) in [4.78, 5) is 44.6. The number of amides is 2. The van der Waals surface area contributed by atoms with Crippen molar-refractivity contribution < 1.29 is 22.8 Å². The molecule has 0 saturated carbocycles. The number of nitrogens with zero attached hydrogens (tertiary/aromatic N) is 6. The molecule has 3 N–H and O–H groups in total. The van der Waals surface area contributed by atoms with E-state index >= 15 is 0 Å². The van der Waals surface area contributed by atoms with Crippen LogP contribution >= 0.6 is 11.6 Å². The molecule has 4 aromatic rings. The highest BCUT2D eigenvalue weighted by Gasteiger charge is 2.44. The van der Waals surface area contributed by atoms with Crippen LogP contribution in [0.25, 0.3) is 21.9 Å². The van der Waals surface area contributed by atoms with E-state index in [0.29, 0.717) is 17.5 Å². The Labute approximate surface area is 225 Å². The van der Waals surface area contributed by atoms with Gasteiger partial charge in [0.25, 0.3) is 0 Å². The predicted octanol–water partition coefficient (Wildman–Crippen LogP) is 4.20. The van der Waals surface area contributed by atoms with Gasteiger partial charge in [0.1, 0.15) is 35.5 Å². The molecule has 5 rings (SSSR count). The summed E-state index contributed by atoms with van der Waals surface area (Å²) in [6, 6.07) is 1.19. The van der Waals surface area contributed by atoms with Crippen LogP contribution in [0.3, 0.4) is 0 Å². The monoisotopic (exact) mass is 560 g/mol. The SMILES string of the molecule is Cc1cc(C(F)(F)F)cc2c3c(N)ncnc3n(CC(=O)N3CC(C)(C)C[C@H]3C(=O)Nc3cncc(Cl)n3)c12. The summed E-state index contributed by atoms with van der Waals surface area (Å²) in [5.74, 6) is -0.717. The second-order valence-electron chi connectivity index (χ2n) is 10.4. The molecule has 14 heteroatoms. The number of anilines is 2. The van der Waals surface area contributed by atoms with Crippen LogP contribution in [0.2, 0.25) is 5.15 Å². The van der Waals surface area contributed by atoms with Crippen molar-refractivity contribution in [2.24, 2.45) is 5.41 Å². The zero-order valence-corrected chi connectivity index (χ0v) is 21.9. The van der Waals surface area contributed by atoms with E-state index in [9.17, 15) is 22.8 Å². The fraction of sp³-hybridized carbons (Fsp3) is 0.360. The third-order valence-electron chi connectivity index (χ3n) is 6.77. The second-order valence-corrected chi connectivity index (χ2v) is 10.7. The number of carbonyl (C=O) groups excluding carboxylic acids is 2. The first-order chi connectivity index (χ1) is 18.2. The van der Waals surface area contributed by atoms with Crippen LogP contribution in [-0.2, 0) is 22.3 Å². The number of hydrogen-bond donors (Lipinski definition) is 2. The number of halogens is 4. The summed E-state index contributed by atoms with van der Waals surface area (Å²) in [5.41, 5.74) is 5.75. The van der Waals surface area contributed by atoms with Crippen LogP contribution in [0.15, 0.2) is 30.9 Å². The number of nitrogens with two attached hydrogens (primary N) is 1. The van der Waals surface area contributed by atoms with Gasteiger partial charge in [0.15, 0.2) is 5.82 Å². The predicted molar refractivity (Wildman–Crippen MR) is 139 cm³/mol. The summed E-state index contributed by atoms with van der Waals surface area (Å²) in [5, 5.41) is 3.18. The van der Waals surface area contributed by atoms with Crippen molar-refractivity contribution in [2.45, 2.75) is 46.0 Å². The number of fused-ring (bicyclic) bond motifs is 3. The van der Waals surface area contributed by atoms with Gasteiger partial charge in [-0.15, -0.1) is 0 Å². The lowest BCUT2D eigenvalue weighted by Gasteiger charge is -2.25. The first-order valence-corrected chi connectivity index (χ1v) is 12.3. The molecule has 1 fully saturated rings. The van der Waals surface area contributed by atoms with Gasteiger partial charge in [0.05, 0.1) is 28.9 Å². The molecule has 4 heterocycles. The van der Waals surface area contributed by atoms with Gasteiger partial charge >= 0.3 is 6.18 Å². The Morgan fingerprint density at radius 3 is 2.67 bits per heavy atom. The first kappa shape index (κ1) is 26.6. The van der Waals surface area contributed by atoms with Crippen LogP contribution in [0, 0.1) is 12.3 Å². The number of carbonyl (C=O) groups is 2. The molecular weight excluding hydrogens is 537 g/mol. The van der Waals surface area contributed by atoms with Crippen molar-refractivity contribution in [3.63, 3.8) is 0 Å². The zero-order valence-electron chi connectivity index (χ0n) is 21.2. The summed E-state index contributed by atoms with van der Waals surface area (Å²) >= 11 is 5.87. The lowest BCUT2D eigenvalue weighted by Crippen LogP contribution is -2.44. The van der Waals surface area contributed by atoms with E-state index in [-0.39, 0.29) is 51.7 Å². The standard InChI is InChI=1S/C25H24ClF3N8O2/c1-12-4-13(25(27,28)29)5-14-19-21(30)32-11-33-22(19)36(20(12)14)9-18(38)37-10-24(2,3)6-15(37)23(39)35-17-8-31-7-16(26)34-17/h4-5,7-8,11,15H,6,9-10H2,1-3H3,(H2,30,32,33)(H,34,35,39)/t15-/m0/s1. The first-order valence-electron chi connectivity index (χ1n) is 11.9. The fourth-order valence-electron chi connectivity index (χ4n) is 5.21. The Kier molecular flexibility index (Phi) is 6.36. The molecule has 1 atom stereocenters. The average Bonchev–Trinajstić information content (AvgIpc) is 3.34. The van der Waals surface area contributed by atoms with Crippen LogP contribution in [0.4, 0.5) is 24.8 Å². The molecule has 0 bridgehead atoms. The number of alkyl halides is 3. The minimum atomic E-state index is -4.58. The summed E-state index contributed by atoms with van der Waals surface area (Å²) < 4.78 is 42.3. The highest BCUT2D eigenvalue weighted by Crippen LogP contribution is 2.39. The number of likely N-dealkylation sites (tertiary alicyclic amines) is 1. The lowest BCUT2D eigenvalue weighted by atomic mass is 9.90. The molecule has 10 nitrogen and oxygen atoms in total. The van der Waals surface area contributed by atoms with Gasteiger partial charge in [-0.25, -0.2) is 15.0 Å². The Bertz CT molecular complexity index is 1640. The molecule has 204 valence electrons. The molecule has 39 heavy (non-hydrogen) atoms. The van der Waals surface area contributed by atoms with Gasteiger partial charge in [-0.05, 0) is 36.5 Å². The van der Waals surface area contributed by atoms with Crippen LogP contribution in [0.5, 0.6) is 0 Å². The summed E-state index contributed by atoms with van der Waals surface area (Å²) in [6.07, 6.45) is -0.333. The Morgan fingerprint density at radius 2 is 1.97 bits per heavy atom. The second kappa shape index (κ2) is 9.33. The molecule has 0 aliphatic carbocycles. The Hall–Kier alpha value is -4.00. The number of nitrogens with one attached hydrogen (secondary N) is 1. The average molecular weight is 561 g/mol. The van der Waals surface area contributed by atoms with Gasteiger partial charge in [-0.1, -0.05) is 25.4 Å². The fourth-order valence-corrected chi connectivity index (χ4v) is 5.36. The number of rotatable bonds is 4. The van der Waals surface area contributed by atoms with Gasteiger partial charge in [-0.3, -0.25) is 14.6 Å². The van der Waals surface area contributed by atoms with E-state index in [1.807, 2.05) is 13.8 Å². The van der Waals surface area contributed by atoms with E-state index in [1.165, 1.54) is 35.1 Å². The van der Waals surface area contributed by atoms with E-state index in [0.717, 1.165) is 12.1 Å². The normalized spacial score (nSPS) is 17.2. The zero-order chi connectivity index (χ0) is 28.3. The highest BCUT2D eigenvalue weighted by atomic mass is 35.5.